The second-order valence-corrected chi connectivity index (χ2v) is 6.78. The number of nitrogens with zero attached hydrogens (tertiary/aromatic N) is 2. The van der Waals surface area contributed by atoms with Gasteiger partial charge in [-0.3, -0.25) is 0 Å². The molecule has 24 heavy (non-hydrogen) atoms. The number of aromatic nitrogens is 2. The van der Waals surface area contributed by atoms with E-state index in [-0.39, 0.29) is 6.10 Å². The Labute approximate surface area is 143 Å². The molecule has 1 aromatic carbocycles. The number of nitrogens with one attached hydrogen (secondary N) is 1. The third kappa shape index (κ3) is 3.61. The van der Waals surface area contributed by atoms with Gasteiger partial charge in [0.15, 0.2) is 0 Å². The summed E-state index contributed by atoms with van der Waals surface area (Å²) < 4.78 is 11.6. The molecule has 0 radical (unpaired) electrons. The van der Waals surface area contributed by atoms with Crippen molar-refractivity contribution < 1.29 is 9.26 Å². The molecule has 0 unspecified atom stereocenters. The van der Waals surface area contributed by atoms with Gasteiger partial charge in [0.25, 0.3) is 0 Å². The lowest BCUT2D eigenvalue weighted by molar-refractivity contribution is 0.214. The lowest BCUT2D eigenvalue weighted by Crippen LogP contribution is -2.28. The van der Waals surface area contributed by atoms with Gasteiger partial charge in [-0.25, -0.2) is 0 Å². The summed E-state index contributed by atoms with van der Waals surface area (Å²) in [5, 5.41) is 7.58. The van der Waals surface area contributed by atoms with Crippen molar-refractivity contribution in [3.05, 3.63) is 29.2 Å². The average Bonchev–Trinajstić information content (AvgIpc) is 3.08. The van der Waals surface area contributed by atoms with Crippen LogP contribution in [0.1, 0.15) is 56.0 Å². The molecule has 0 bridgehead atoms. The number of aryl methyl sites for hydroxylation is 2. The highest BCUT2D eigenvalue weighted by Gasteiger charge is 2.22. The number of ether oxygens (including phenoxy) is 1. The van der Waals surface area contributed by atoms with E-state index in [4.69, 9.17) is 9.26 Å². The van der Waals surface area contributed by atoms with Crippen LogP contribution in [-0.4, -0.2) is 29.3 Å². The molecular formula is C19H27N3O2. The van der Waals surface area contributed by atoms with Crippen LogP contribution in [0.4, 0.5) is 0 Å². The zero-order valence-electron chi connectivity index (χ0n) is 15.1. The second-order valence-electron chi connectivity index (χ2n) is 6.78. The van der Waals surface area contributed by atoms with Crippen LogP contribution in [0.5, 0.6) is 5.75 Å². The van der Waals surface area contributed by atoms with E-state index in [0.29, 0.717) is 11.7 Å². The van der Waals surface area contributed by atoms with Gasteiger partial charge in [-0.2, -0.15) is 4.98 Å². The van der Waals surface area contributed by atoms with Crippen LogP contribution in [0.2, 0.25) is 0 Å². The SMILES string of the molecule is CC[C@H](C)Oc1c(C)cc(-c2noc([C@@H]3CCCNC3)n2)cc1C. The molecule has 3 rings (SSSR count). The minimum absolute atomic E-state index is 0.212. The molecule has 130 valence electrons. The predicted molar refractivity (Wildman–Crippen MR) is 94.4 cm³/mol. The summed E-state index contributed by atoms with van der Waals surface area (Å²) in [5.41, 5.74) is 3.20. The van der Waals surface area contributed by atoms with Crippen molar-refractivity contribution in [1.82, 2.24) is 15.5 Å². The molecule has 2 aromatic rings. The van der Waals surface area contributed by atoms with Crippen molar-refractivity contribution >= 4 is 0 Å². The standard InChI is InChI=1S/C19H27N3O2/c1-5-14(4)23-17-12(2)9-16(10-13(17)3)18-21-19(24-22-18)15-7-6-8-20-11-15/h9-10,14-15,20H,5-8,11H2,1-4H3/t14-,15+/m0/s1. The van der Waals surface area contributed by atoms with Crippen molar-refractivity contribution in [2.45, 2.75) is 59.0 Å². The molecule has 0 amide bonds. The molecule has 0 aliphatic carbocycles. The van der Waals surface area contributed by atoms with Crippen LogP contribution < -0.4 is 10.1 Å². The first-order valence-corrected chi connectivity index (χ1v) is 8.91. The van der Waals surface area contributed by atoms with Gasteiger partial charge in [-0.1, -0.05) is 12.1 Å². The predicted octanol–water partition coefficient (Wildman–Crippen LogP) is 4.00. The first kappa shape index (κ1) is 17.0. The highest BCUT2D eigenvalue weighted by atomic mass is 16.5. The molecule has 2 heterocycles. The summed E-state index contributed by atoms with van der Waals surface area (Å²) >= 11 is 0. The molecular weight excluding hydrogens is 302 g/mol. The van der Waals surface area contributed by atoms with Crippen molar-refractivity contribution in [2.24, 2.45) is 0 Å². The lowest BCUT2D eigenvalue weighted by Gasteiger charge is -2.18. The summed E-state index contributed by atoms with van der Waals surface area (Å²) in [4.78, 5) is 4.63. The van der Waals surface area contributed by atoms with E-state index < -0.39 is 0 Å². The highest BCUT2D eigenvalue weighted by Crippen LogP contribution is 2.31. The molecule has 5 nitrogen and oxygen atoms in total. The van der Waals surface area contributed by atoms with Gasteiger partial charge in [0.1, 0.15) is 5.75 Å². The van der Waals surface area contributed by atoms with E-state index in [1.54, 1.807) is 0 Å². The average molecular weight is 329 g/mol. The summed E-state index contributed by atoms with van der Waals surface area (Å²) in [6, 6.07) is 4.16. The highest BCUT2D eigenvalue weighted by molar-refractivity contribution is 5.61. The maximum absolute atomic E-state index is 6.04. The molecule has 1 aliphatic heterocycles. The number of rotatable bonds is 5. The van der Waals surface area contributed by atoms with Crippen LogP contribution in [0.25, 0.3) is 11.4 Å². The Morgan fingerprint density at radius 2 is 2.08 bits per heavy atom. The van der Waals surface area contributed by atoms with Gasteiger partial charge in [0.05, 0.1) is 12.0 Å². The van der Waals surface area contributed by atoms with Gasteiger partial charge in [-0.15, -0.1) is 0 Å². The topological polar surface area (TPSA) is 60.2 Å². The largest absolute Gasteiger partial charge is 0.490 e. The summed E-state index contributed by atoms with van der Waals surface area (Å²) in [5.74, 6) is 2.70. The summed E-state index contributed by atoms with van der Waals surface area (Å²) in [6.07, 6.45) is 3.46. The van der Waals surface area contributed by atoms with Gasteiger partial charge in [0.2, 0.25) is 11.7 Å². The van der Waals surface area contributed by atoms with Gasteiger partial charge < -0.3 is 14.6 Å². The summed E-state index contributed by atoms with van der Waals surface area (Å²) in [7, 11) is 0. The Hall–Kier alpha value is -1.88. The minimum Gasteiger partial charge on any atom is -0.490 e. The van der Waals surface area contributed by atoms with Crippen molar-refractivity contribution in [3.63, 3.8) is 0 Å². The Morgan fingerprint density at radius 3 is 2.71 bits per heavy atom. The monoisotopic (exact) mass is 329 g/mol. The number of hydrogen-bond donors (Lipinski definition) is 1. The zero-order chi connectivity index (χ0) is 17.1. The normalized spacial score (nSPS) is 19.2. The summed E-state index contributed by atoms with van der Waals surface area (Å²) in [6.45, 7) is 10.4. The number of hydrogen-bond acceptors (Lipinski definition) is 5. The van der Waals surface area contributed by atoms with Crippen LogP contribution in [-0.2, 0) is 0 Å². The molecule has 1 N–H and O–H groups in total. The lowest BCUT2D eigenvalue weighted by atomic mass is 10.00. The Morgan fingerprint density at radius 1 is 1.33 bits per heavy atom. The quantitative estimate of drug-likeness (QED) is 0.898. The third-order valence-electron chi connectivity index (χ3n) is 4.70. The first-order chi connectivity index (χ1) is 11.6. The van der Waals surface area contributed by atoms with E-state index >= 15 is 0 Å². The van der Waals surface area contributed by atoms with Gasteiger partial charge in [-0.05, 0) is 69.8 Å². The second kappa shape index (κ2) is 7.34. The Bertz CT molecular complexity index is 667. The maximum atomic E-state index is 6.04. The van der Waals surface area contributed by atoms with Crippen LogP contribution >= 0.6 is 0 Å². The van der Waals surface area contributed by atoms with Crippen molar-refractivity contribution in [2.75, 3.05) is 13.1 Å². The van der Waals surface area contributed by atoms with Crippen LogP contribution in [0, 0.1) is 13.8 Å². The van der Waals surface area contributed by atoms with Crippen molar-refractivity contribution in [3.8, 4) is 17.1 Å². The molecule has 0 saturated carbocycles. The minimum atomic E-state index is 0.212. The number of piperidine rings is 1. The fourth-order valence-electron chi connectivity index (χ4n) is 3.13. The molecule has 2 atom stereocenters. The molecule has 1 saturated heterocycles. The molecule has 5 heteroatoms. The fourth-order valence-corrected chi connectivity index (χ4v) is 3.13. The molecule has 0 spiro atoms. The molecule has 1 aliphatic rings. The first-order valence-electron chi connectivity index (χ1n) is 8.91. The van der Waals surface area contributed by atoms with E-state index in [9.17, 15) is 0 Å². The van der Waals surface area contributed by atoms with E-state index in [1.165, 1.54) is 0 Å². The van der Waals surface area contributed by atoms with Gasteiger partial charge in [0, 0.05) is 12.1 Å². The van der Waals surface area contributed by atoms with E-state index in [1.807, 2.05) is 0 Å². The van der Waals surface area contributed by atoms with Crippen LogP contribution in [0.3, 0.4) is 0 Å². The fraction of sp³-hybridized carbons (Fsp3) is 0.579. The van der Waals surface area contributed by atoms with E-state index in [0.717, 1.165) is 60.7 Å². The number of benzene rings is 1. The third-order valence-corrected chi connectivity index (χ3v) is 4.70. The smallest absolute Gasteiger partial charge is 0.231 e. The van der Waals surface area contributed by atoms with Crippen LogP contribution in [0.15, 0.2) is 16.7 Å². The van der Waals surface area contributed by atoms with Crippen molar-refractivity contribution in [1.29, 1.82) is 0 Å². The Kier molecular flexibility index (Phi) is 5.19. The molecule has 1 fully saturated rings. The van der Waals surface area contributed by atoms with Gasteiger partial charge >= 0.3 is 0 Å². The zero-order valence-corrected chi connectivity index (χ0v) is 15.1. The van der Waals surface area contributed by atoms with E-state index in [2.05, 4.69) is 55.3 Å². The Balaban J connectivity index is 1.83. The molecule has 1 aromatic heterocycles. The maximum Gasteiger partial charge on any atom is 0.231 e.